The first-order valence-electron chi connectivity index (χ1n) is 5.15. The topological polar surface area (TPSA) is 37.3 Å². The van der Waals surface area contributed by atoms with Crippen molar-refractivity contribution in [3.8, 4) is 0 Å². The van der Waals surface area contributed by atoms with Crippen molar-refractivity contribution in [2.75, 3.05) is 0 Å². The third kappa shape index (κ3) is 5.10. The Kier molecular flexibility index (Phi) is 7.77. The van der Waals surface area contributed by atoms with E-state index in [4.69, 9.17) is 5.11 Å². The number of carbonyl (C=O) groups is 1. The summed E-state index contributed by atoms with van der Waals surface area (Å²) in [4.78, 5) is 10.7. The number of rotatable bonds is 4. The van der Waals surface area contributed by atoms with E-state index in [0.29, 0.717) is 5.92 Å². The van der Waals surface area contributed by atoms with E-state index in [0.717, 1.165) is 12.0 Å². The molecule has 0 saturated heterocycles. The molecular weight excluding hydrogens is 227 g/mol. The second-order valence-corrected chi connectivity index (χ2v) is 4.23. The van der Waals surface area contributed by atoms with Gasteiger partial charge in [0.05, 0.1) is 0 Å². The van der Waals surface area contributed by atoms with Crippen LogP contribution in [0.15, 0.2) is 24.3 Å². The van der Waals surface area contributed by atoms with Crippen molar-refractivity contribution < 1.29 is 61.3 Å². The van der Waals surface area contributed by atoms with Crippen molar-refractivity contribution in [1.29, 1.82) is 0 Å². The Hall–Kier alpha value is 0.326. The first kappa shape index (κ1) is 16.3. The Balaban J connectivity index is 0.00000225. The second kappa shape index (κ2) is 7.61. The molecule has 3 heteroatoms. The van der Waals surface area contributed by atoms with E-state index in [-0.39, 0.29) is 51.4 Å². The Morgan fingerprint density at radius 2 is 1.81 bits per heavy atom. The van der Waals surface area contributed by atoms with Crippen LogP contribution in [0.5, 0.6) is 0 Å². The number of carboxylic acid groups (broad SMARTS) is 1. The van der Waals surface area contributed by atoms with Crippen molar-refractivity contribution in [1.82, 2.24) is 0 Å². The van der Waals surface area contributed by atoms with Crippen molar-refractivity contribution in [2.24, 2.45) is 5.92 Å². The Bertz CT molecular complexity index is 330. The first-order valence-corrected chi connectivity index (χ1v) is 5.15. The molecule has 1 N–H and O–H groups in total. The van der Waals surface area contributed by atoms with Crippen LogP contribution >= 0.6 is 0 Å². The van der Waals surface area contributed by atoms with E-state index in [1.165, 1.54) is 5.56 Å². The molecule has 0 aliphatic carbocycles. The second-order valence-electron chi connectivity index (χ2n) is 4.23. The summed E-state index contributed by atoms with van der Waals surface area (Å²) in [5, 5.41) is 8.79. The molecule has 1 unspecified atom stereocenters. The smallest absolute Gasteiger partial charge is 0.483 e. The molecule has 0 fully saturated rings. The molecule has 1 aromatic rings. The third-order valence-electron chi connectivity index (χ3n) is 2.32. The average molecular weight is 244 g/mol. The summed E-state index contributed by atoms with van der Waals surface area (Å²) in [6, 6.07) is 7.67. The molecule has 0 aliphatic rings. The van der Waals surface area contributed by atoms with E-state index in [2.05, 4.69) is 20.8 Å². The van der Waals surface area contributed by atoms with Gasteiger partial charge in [0.15, 0.2) is 0 Å². The Morgan fingerprint density at radius 3 is 2.19 bits per heavy atom. The maximum absolute atomic E-state index is 10.7. The standard InChI is InChI=1S/C13H17O2.K/c1-9(2)8-11-4-6-12(7-5-11)10(3)13(14)15;/h4-7,9-10H,3,8H2,1-2H3,(H,14,15);/q-1;+1. The third-order valence-corrected chi connectivity index (χ3v) is 2.32. The molecule has 0 aliphatic heterocycles. The number of carboxylic acids is 1. The molecule has 0 heterocycles. The van der Waals surface area contributed by atoms with E-state index in [1.807, 2.05) is 24.3 Å². The largest absolute Gasteiger partial charge is 1.00 e. The van der Waals surface area contributed by atoms with Gasteiger partial charge < -0.3 is 12.0 Å². The molecule has 0 radical (unpaired) electrons. The number of aliphatic carboxylic acids is 1. The van der Waals surface area contributed by atoms with Crippen LogP contribution in [0.4, 0.5) is 0 Å². The minimum atomic E-state index is -0.883. The van der Waals surface area contributed by atoms with Gasteiger partial charge in [-0.2, -0.15) is 0 Å². The summed E-state index contributed by atoms with van der Waals surface area (Å²) in [7, 11) is 0. The summed E-state index contributed by atoms with van der Waals surface area (Å²) in [5.41, 5.74) is 2.00. The van der Waals surface area contributed by atoms with Crippen molar-refractivity contribution in [3.05, 3.63) is 42.3 Å². The minimum absolute atomic E-state index is 0. The molecule has 0 amide bonds. The molecule has 0 spiro atoms. The minimum Gasteiger partial charge on any atom is -0.483 e. The monoisotopic (exact) mass is 244 g/mol. The van der Waals surface area contributed by atoms with Crippen LogP contribution in [0.2, 0.25) is 0 Å². The molecule has 1 atom stereocenters. The Labute approximate surface area is 140 Å². The zero-order chi connectivity index (χ0) is 11.4. The number of hydrogen-bond donors (Lipinski definition) is 1. The molecule has 1 aromatic carbocycles. The van der Waals surface area contributed by atoms with Gasteiger partial charge in [-0.25, -0.2) is 0 Å². The SMILES string of the molecule is [CH2-]C(C(=O)O)c1ccc(CC(C)C)cc1.[K+]. The molecule has 0 saturated carbocycles. The van der Waals surface area contributed by atoms with Gasteiger partial charge in [0, 0.05) is 0 Å². The number of benzene rings is 1. The van der Waals surface area contributed by atoms with Crippen LogP contribution < -0.4 is 51.4 Å². The van der Waals surface area contributed by atoms with Gasteiger partial charge in [0.2, 0.25) is 0 Å². The van der Waals surface area contributed by atoms with E-state index in [1.54, 1.807) is 0 Å². The van der Waals surface area contributed by atoms with E-state index < -0.39 is 11.9 Å². The summed E-state index contributed by atoms with van der Waals surface area (Å²) in [6.45, 7) is 7.92. The summed E-state index contributed by atoms with van der Waals surface area (Å²) < 4.78 is 0. The molecule has 1 rings (SSSR count). The van der Waals surface area contributed by atoms with Crippen molar-refractivity contribution in [2.45, 2.75) is 26.2 Å². The van der Waals surface area contributed by atoms with Crippen LogP contribution in [0.1, 0.15) is 30.9 Å². The molecule has 0 aromatic heterocycles. The fourth-order valence-corrected chi connectivity index (χ4v) is 1.50. The van der Waals surface area contributed by atoms with Gasteiger partial charge in [0.1, 0.15) is 0 Å². The van der Waals surface area contributed by atoms with Crippen molar-refractivity contribution >= 4 is 5.97 Å². The zero-order valence-electron chi connectivity index (χ0n) is 10.2. The van der Waals surface area contributed by atoms with Crippen LogP contribution in [-0.4, -0.2) is 11.1 Å². The Morgan fingerprint density at radius 1 is 1.31 bits per heavy atom. The van der Waals surface area contributed by atoms with Gasteiger partial charge in [-0.05, 0) is 23.8 Å². The van der Waals surface area contributed by atoms with Crippen LogP contribution in [-0.2, 0) is 11.2 Å². The molecule has 2 nitrogen and oxygen atoms in total. The molecule has 16 heavy (non-hydrogen) atoms. The maximum Gasteiger partial charge on any atom is 1.00 e. The van der Waals surface area contributed by atoms with Crippen molar-refractivity contribution in [3.63, 3.8) is 0 Å². The average Bonchev–Trinajstić information content (AvgIpc) is 2.17. The number of hydrogen-bond acceptors (Lipinski definition) is 1. The van der Waals surface area contributed by atoms with Crippen LogP contribution in [0, 0.1) is 12.8 Å². The summed E-state index contributed by atoms with van der Waals surface area (Å²) in [6.07, 6.45) is 1.02. The fourth-order valence-electron chi connectivity index (χ4n) is 1.50. The predicted octanol–water partition coefficient (Wildman–Crippen LogP) is -0.109. The summed E-state index contributed by atoms with van der Waals surface area (Å²) >= 11 is 0. The molecular formula is C13H17KO2. The van der Waals surface area contributed by atoms with E-state index in [9.17, 15) is 4.79 Å². The quantitative estimate of drug-likeness (QED) is 0.593. The zero-order valence-corrected chi connectivity index (χ0v) is 13.4. The normalized spacial score (nSPS) is 12.0. The van der Waals surface area contributed by atoms with Gasteiger partial charge in [-0.3, -0.25) is 4.79 Å². The van der Waals surface area contributed by atoms with Gasteiger partial charge in [-0.15, -0.1) is 0 Å². The van der Waals surface area contributed by atoms with Crippen LogP contribution in [0.25, 0.3) is 0 Å². The van der Waals surface area contributed by atoms with Gasteiger partial charge in [0.25, 0.3) is 5.97 Å². The maximum atomic E-state index is 10.7. The van der Waals surface area contributed by atoms with Gasteiger partial charge in [-0.1, -0.05) is 43.7 Å². The molecule has 0 bridgehead atoms. The van der Waals surface area contributed by atoms with E-state index >= 15 is 0 Å². The van der Waals surface area contributed by atoms with Gasteiger partial charge >= 0.3 is 51.4 Å². The fraction of sp³-hybridized carbons (Fsp3) is 0.385. The summed E-state index contributed by atoms with van der Waals surface area (Å²) in [5.74, 6) is -0.935. The molecule has 82 valence electrons. The first-order chi connectivity index (χ1) is 7.00. The van der Waals surface area contributed by atoms with Crippen LogP contribution in [0.3, 0.4) is 0 Å². The predicted molar refractivity (Wildman–Crippen MR) is 60.7 cm³/mol.